The molecule has 3 aliphatic heterocycles. The summed E-state index contributed by atoms with van der Waals surface area (Å²) >= 11 is 0.916. The van der Waals surface area contributed by atoms with E-state index in [-0.39, 0.29) is 63.3 Å². The molecule has 9 nitrogen and oxygen atoms in total. The molecule has 0 saturated carbocycles. The Hall–Kier alpha value is -3.73. The number of nitrogens with one attached hydrogen (secondary N) is 1. The number of anilines is 2. The van der Waals surface area contributed by atoms with E-state index in [0.717, 1.165) is 36.9 Å². The summed E-state index contributed by atoms with van der Waals surface area (Å²) in [5.74, 6) is -1.01. The second-order valence-corrected chi connectivity index (χ2v) is 11.5. The fraction of sp³-hybridized carbons (Fsp3) is 0.407. The van der Waals surface area contributed by atoms with Crippen molar-refractivity contribution < 1.29 is 22.6 Å². The van der Waals surface area contributed by atoms with Gasteiger partial charge < -0.3 is 20.5 Å². The molecule has 13 heteroatoms. The molecule has 206 valence electrons. The predicted octanol–water partition coefficient (Wildman–Crippen LogP) is 4.67. The third kappa shape index (κ3) is 3.56. The molecular weight excluding hydrogens is 543 g/mol. The minimum absolute atomic E-state index is 0.0230. The average Bonchev–Trinajstić information content (AvgIpc) is 3.70. The standard InChI is InChI=1S/C27H24F3N7O2S/c1-33-25-19-15-10-38-9-14(15)17(21-18-13(6-31)24(32)40-23(18)16(29)7-34-21)20(30)22(19)35-26(36-25)39-11-27-3-2-4-37(27)8-12(28)5-27/h7,12H,2-5,8-11,32H2,1H3,(H,33,35,36)/t12-,27+/m1/s1. The summed E-state index contributed by atoms with van der Waals surface area (Å²) in [4.78, 5) is 15.4. The lowest BCUT2D eigenvalue weighted by molar-refractivity contribution is 0.107. The number of ether oxygens (including phenoxy) is 2. The first-order chi connectivity index (χ1) is 19.3. The average molecular weight is 568 g/mol. The normalized spacial score (nSPS) is 22.1. The number of thiophene rings is 1. The van der Waals surface area contributed by atoms with Crippen molar-refractivity contribution in [1.82, 2.24) is 19.9 Å². The molecule has 3 aliphatic rings. The Balaban J connectivity index is 1.42. The van der Waals surface area contributed by atoms with E-state index in [1.165, 1.54) is 0 Å². The topological polar surface area (TPSA) is 122 Å². The monoisotopic (exact) mass is 567 g/mol. The van der Waals surface area contributed by atoms with Crippen LogP contribution in [0.3, 0.4) is 0 Å². The Morgan fingerprint density at radius 2 is 2.12 bits per heavy atom. The highest BCUT2D eigenvalue weighted by Crippen LogP contribution is 2.46. The van der Waals surface area contributed by atoms with Gasteiger partial charge in [-0.25, -0.2) is 13.2 Å². The van der Waals surface area contributed by atoms with Crippen LogP contribution in [0.1, 0.15) is 36.0 Å². The highest BCUT2D eigenvalue weighted by molar-refractivity contribution is 7.23. The van der Waals surface area contributed by atoms with Crippen LogP contribution in [0.5, 0.6) is 6.01 Å². The fourth-order valence-corrected chi connectivity index (χ4v) is 7.46. The summed E-state index contributed by atoms with van der Waals surface area (Å²) in [6.07, 6.45) is 2.22. The number of benzene rings is 1. The van der Waals surface area contributed by atoms with E-state index in [0.29, 0.717) is 35.3 Å². The minimum Gasteiger partial charge on any atom is -0.461 e. The van der Waals surface area contributed by atoms with Crippen LogP contribution in [0.25, 0.3) is 32.2 Å². The Morgan fingerprint density at radius 1 is 1.30 bits per heavy atom. The number of nitriles is 1. The number of halogens is 3. The lowest BCUT2D eigenvalue weighted by Gasteiger charge is -2.30. The number of nitrogens with two attached hydrogens (primary N) is 1. The molecule has 0 radical (unpaired) electrons. The van der Waals surface area contributed by atoms with Crippen molar-refractivity contribution >= 4 is 43.1 Å². The van der Waals surface area contributed by atoms with Crippen LogP contribution < -0.4 is 15.8 Å². The SMILES string of the molecule is CNc1nc(OC[C@@]23CCCN2C[C@H](F)C3)nc2c(F)c(-c3ncc(F)c4sc(N)c(C#N)c34)c3c(c12)COC3. The van der Waals surface area contributed by atoms with E-state index in [1.54, 1.807) is 7.05 Å². The number of alkyl halides is 1. The van der Waals surface area contributed by atoms with Crippen LogP contribution >= 0.6 is 11.3 Å². The quantitative estimate of drug-likeness (QED) is 0.354. The van der Waals surface area contributed by atoms with Gasteiger partial charge in [-0.3, -0.25) is 9.88 Å². The van der Waals surface area contributed by atoms with E-state index in [1.807, 2.05) is 6.07 Å². The number of aromatic nitrogens is 3. The second kappa shape index (κ2) is 9.15. The molecule has 6 heterocycles. The van der Waals surface area contributed by atoms with Gasteiger partial charge in [0.05, 0.1) is 46.3 Å². The first-order valence-corrected chi connectivity index (χ1v) is 13.8. The van der Waals surface area contributed by atoms with Crippen molar-refractivity contribution in [3.05, 3.63) is 34.5 Å². The van der Waals surface area contributed by atoms with Crippen molar-refractivity contribution in [3.8, 4) is 23.3 Å². The van der Waals surface area contributed by atoms with E-state index in [4.69, 9.17) is 15.2 Å². The van der Waals surface area contributed by atoms with Crippen molar-refractivity contribution in [1.29, 1.82) is 5.26 Å². The Bertz CT molecular complexity index is 1760. The predicted molar refractivity (Wildman–Crippen MR) is 144 cm³/mol. The largest absolute Gasteiger partial charge is 0.461 e. The number of pyridine rings is 1. The van der Waals surface area contributed by atoms with Gasteiger partial charge in [0.1, 0.15) is 35.2 Å². The van der Waals surface area contributed by atoms with E-state index < -0.39 is 23.3 Å². The van der Waals surface area contributed by atoms with Crippen molar-refractivity contribution in [2.75, 3.05) is 37.8 Å². The number of nitrogens with zero attached hydrogens (tertiary/aromatic N) is 5. The zero-order chi connectivity index (χ0) is 27.8. The van der Waals surface area contributed by atoms with Crippen LogP contribution in [-0.2, 0) is 18.0 Å². The van der Waals surface area contributed by atoms with Gasteiger partial charge in [0.2, 0.25) is 0 Å². The van der Waals surface area contributed by atoms with Crippen molar-refractivity contribution in [2.24, 2.45) is 0 Å². The second-order valence-electron chi connectivity index (χ2n) is 10.4. The van der Waals surface area contributed by atoms with Gasteiger partial charge >= 0.3 is 6.01 Å². The maximum Gasteiger partial charge on any atom is 0.319 e. The van der Waals surface area contributed by atoms with Crippen LogP contribution in [0.2, 0.25) is 0 Å². The molecule has 3 aromatic heterocycles. The van der Waals surface area contributed by atoms with Gasteiger partial charge in [-0.1, -0.05) is 0 Å². The van der Waals surface area contributed by atoms with Gasteiger partial charge in [-0.2, -0.15) is 15.2 Å². The Labute approximate surface area is 230 Å². The molecule has 3 N–H and O–H groups in total. The molecule has 2 fully saturated rings. The lowest BCUT2D eigenvalue weighted by Crippen LogP contribution is -2.43. The van der Waals surface area contributed by atoms with Gasteiger partial charge in [-0.15, -0.1) is 11.3 Å². The van der Waals surface area contributed by atoms with Crippen molar-refractivity contribution in [2.45, 2.75) is 44.2 Å². The third-order valence-electron chi connectivity index (χ3n) is 8.29. The molecule has 1 aromatic carbocycles. The molecule has 2 atom stereocenters. The van der Waals surface area contributed by atoms with Crippen molar-refractivity contribution in [3.63, 3.8) is 0 Å². The third-order valence-corrected chi connectivity index (χ3v) is 9.32. The highest BCUT2D eigenvalue weighted by atomic mass is 32.1. The van der Waals surface area contributed by atoms with Crippen LogP contribution in [0.15, 0.2) is 6.20 Å². The number of nitrogen functional groups attached to an aromatic ring is 1. The summed E-state index contributed by atoms with van der Waals surface area (Å²) in [5.41, 5.74) is 6.96. The summed E-state index contributed by atoms with van der Waals surface area (Å²) in [7, 11) is 1.67. The number of hydrogen-bond acceptors (Lipinski definition) is 10. The Morgan fingerprint density at radius 3 is 2.92 bits per heavy atom. The van der Waals surface area contributed by atoms with Gasteiger partial charge in [0.25, 0.3) is 0 Å². The smallest absolute Gasteiger partial charge is 0.319 e. The first-order valence-electron chi connectivity index (χ1n) is 12.9. The molecule has 0 unspecified atom stereocenters. The molecule has 0 bridgehead atoms. The molecule has 0 amide bonds. The number of hydrogen-bond donors (Lipinski definition) is 2. The molecule has 0 aliphatic carbocycles. The zero-order valence-electron chi connectivity index (χ0n) is 21.5. The maximum atomic E-state index is 16.7. The molecule has 40 heavy (non-hydrogen) atoms. The summed E-state index contributed by atoms with van der Waals surface area (Å²) < 4.78 is 57.5. The van der Waals surface area contributed by atoms with Crippen LogP contribution in [-0.4, -0.2) is 58.3 Å². The fourth-order valence-electron chi connectivity index (χ4n) is 6.54. The minimum atomic E-state index is -0.915. The highest BCUT2D eigenvalue weighted by Gasteiger charge is 2.49. The number of rotatable bonds is 5. The number of fused-ring (bicyclic) bond motifs is 5. The first kappa shape index (κ1) is 25.3. The summed E-state index contributed by atoms with van der Waals surface area (Å²) in [5, 5.41) is 13.5. The summed E-state index contributed by atoms with van der Waals surface area (Å²) in [6, 6.07) is 1.97. The zero-order valence-corrected chi connectivity index (χ0v) is 22.3. The van der Waals surface area contributed by atoms with Crippen LogP contribution in [0, 0.1) is 23.0 Å². The molecule has 7 rings (SSSR count). The van der Waals surface area contributed by atoms with E-state index in [2.05, 4.69) is 25.2 Å². The van der Waals surface area contributed by atoms with Gasteiger partial charge in [0.15, 0.2) is 11.6 Å². The summed E-state index contributed by atoms with van der Waals surface area (Å²) in [6.45, 7) is 1.64. The van der Waals surface area contributed by atoms with E-state index >= 15 is 4.39 Å². The van der Waals surface area contributed by atoms with Gasteiger partial charge in [0, 0.05) is 31.0 Å². The van der Waals surface area contributed by atoms with Crippen LogP contribution in [0.4, 0.5) is 24.0 Å². The molecule has 0 spiro atoms. The van der Waals surface area contributed by atoms with Gasteiger partial charge in [-0.05, 0) is 30.5 Å². The molecule has 4 aromatic rings. The Kier molecular flexibility index (Phi) is 5.78. The lowest BCUT2D eigenvalue weighted by atomic mass is 9.93. The van der Waals surface area contributed by atoms with E-state index in [9.17, 15) is 14.0 Å². The molecular formula is C27H24F3N7O2S. The molecule has 2 saturated heterocycles. The maximum absolute atomic E-state index is 16.7.